The fourth-order valence-corrected chi connectivity index (χ4v) is 3.51. The van der Waals surface area contributed by atoms with Gasteiger partial charge >= 0.3 is 0 Å². The van der Waals surface area contributed by atoms with Crippen molar-refractivity contribution in [1.29, 1.82) is 0 Å². The summed E-state index contributed by atoms with van der Waals surface area (Å²) >= 11 is 1.33. The summed E-state index contributed by atoms with van der Waals surface area (Å²) in [6.07, 6.45) is 1.80. The van der Waals surface area contributed by atoms with Gasteiger partial charge in [-0.15, -0.1) is 5.10 Å². The van der Waals surface area contributed by atoms with E-state index in [0.29, 0.717) is 17.5 Å². The molecule has 28 heavy (non-hydrogen) atoms. The summed E-state index contributed by atoms with van der Waals surface area (Å²) in [5.41, 5.74) is 4.51. The minimum absolute atomic E-state index is 0.0636. The predicted octanol–water partition coefficient (Wildman–Crippen LogP) is 4.95. The van der Waals surface area contributed by atoms with Crippen LogP contribution in [-0.4, -0.2) is 26.8 Å². The molecule has 0 saturated heterocycles. The summed E-state index contributed by atoms with van der Waals surface area (Å²) in [5, 5.41) is 10.7. The van der Waals surface area contributed by atoms with E-state index in [-0.39, 0.29) is 11.7 Å². The van der Waals surface area contributed by atoms with Gasteiger partial charge in [0.15, 0.2) is 0 Å². The fraction of sp³-hybridized carbons (Fsp3) is 0.318. The van der Waals surface area contributed by atoms with E-state index in [1.54, 1.807) is 0 Å². The number of hydrogen-bond donors (Lipinski definition) is 2. The molecule has 0 spiro atoms. The second kappa shape index (κ2) is 9.55. The quantitative estimate of drug-likeness (QED) is 0.531. The average Bonchev–Trinajstić information content (AvgIpc) is 3.14. The zero-order valence-electron chi connectivity index (χ0n) is 16.5. The predicted molar refractivity (Wildman–Crippen MR) is 115 cm³/mol. The Morgan fingerprint density at radius 1 is 1.21 bits per heavy atom. The molecule has 1 amide bonds. The summed E-state index contributed by atoms with van der Waals surface area (Å²) in [5.74, 6) is 1.54. The Morgan fingerprint density at radius 3 is 2.71 bits per heavy atom. The molecule has 0 fully saturated rings. The van der Waals surface area contributed by atoms with Gasteiger partial charge in [-0.05, 0) is 42.5 Å². The molecule has 5 nitrogen and oxygen atoms in total. The van der Waals surface area contributed by atoms with E-state index in [2.05, 4.69) is 71.6 Å². The summed E-state index contributed by atoms with van der Waals surface area (Å²) < 4.78 is 0. The van der Waals surface area contributed by atoms with Gasteiger partial charge in [0.1, 0.15) is 5.82 Å². The number of H-pyrrole nitrogens is 1. The lowest BCUT2D eigenvalue weighted by molar-refractivity contribution is -0.113. The van der Waals surface area contributed by atoms with Crippen LogP contribution in [-0.2, 0) is 11.2 Å². The van der Waals surface area contributed by atoms with Gasteiger partial charge in [-0.2, -0.15) is 0 Å². The Bertz CT molecular complexity index is 920. The smallest absolute Gasteiger partial charge is 0.234 e. The number of aromatic amines is 1. The Balaban J connectivity index is 1.49. The fourth-order valence-electron chi connectivity index (χ4n) is 2.89. The number of rotatable bonds is 8. The number of aryl methyl sites for hydroxylation is 1. The van der Waals surface area contributed by atoms with Crippen LogP contribution in [0.25, 0.3) is 0 Å². The first-order chi connectivity index (χ1) is 13.5. The van der Waals surface area contributed by atoms with Crippen LogP contribution in [0.2, 0.25) is 0 Å². The van der Waals surface area contributed by atoms with E-state index < -0.39 is 0 Å². The number of anilines is 1. The van der Waals surface area contributed by atoms with Crippen molar-refractivity contribution in [2.45, 2.75) is 44.7 Å². The summed E-state index contributed by atoms with van der Waals surface area (Å²) in [6, 6.07) is 16.4. The molecule has 1 atom stereocenters. The lowest BCUT2D eigenvalue weighted by atomic mass is 9.99. The van der Waals surface area contributed by atoms with E-state index in [1.165, 1.54) is 28.5 Å². The maximum absolute atomic E-state index is 12.2. The van der Waals surface area contributed by atoms with Crippen LogP contribution >= 0.6 is 11.8 Å². The van der Waals surface area contributed by atoms with Crippen molar-refractivity contribution in [3.05, 3.63) is 71.0 Å². The molecule has 2 N–H and O–H groups in total. The summed E-state index contributed by atoms with van der Waals surface area (Å²) in [7, 11) is 0. The highest BCUT2D eigenvalue weighted by Crippen LogP contribution is 2.21. The first kappa shape index (κ1) is 20.1. The molecule has 1 aromatic heterocycles. The zero-order valence-corrected chi connectivity index (χ0v) is 17.3. The molecule has 0 bridgehead atoms. The van der Waals surface area contributed by atoms with Crippen molar-refractivity contribution in [2.75, 3.05) is 11.1 Å². The Hall–Kier alpha value is -2.60. The number of aromatic nitrogens is 3. The van der Waals surface area contributed by atoms with E-state index in [9.17, 15) is 4.79 Å². The minimum Gasteiger partial charge on any atom is -0.325 e. The topological polar surface area (TPSA) is 70.7 Å². The van der Waals surface area contributed by atoms with Gasteiger partial charge in [-0.25, -0.2) is 4.98 Å². The molecule has 3 aromatic rings. The van der Waals surface area contributed by atoms with Crippen molar-refractivity contribution in [3.63, 3.8) is 0 Å². The van der Waals surface area contributed by atoms with Crippen molar-refractivity contribution in [2.24, 2.45) is 0 Å². The lowest BCUT2D eigenvalue weighted by Crippen LogP contribution is -2.14. The number of hydrogen-bond acceptors (Lipinski definition) is 4. The van der Waals surface area contributed by atoms with E-state index in [1.807, 2.05) is 18.2 Å². The van der Waals surface area contributed by atoms with Crippen molar-refractivity contribution in [1.82, 2.24) is 15.2 Å². The standard InChI is InChI=1S/C22H26N4OS/c1-4-16(3)18-8-10-19(11-9-18)23-21(27)14-28-22-24-20(25-26-22)13-17-7-5-6-15(2)12-17/h5-12,16H,4,13-14H2,1-3H3,(H,23,27)(H,24,25,26). The monoisotopic (exact) mass is 394 g/mol. The highest BCUT2D eigenvalue weighted by molar-refractivity contribution is 7.99. The van der Waals surface area contributed by atoms with Gasteiger partial charge in [0.2, 0.25) is 11.1 Å². The van der Waals surface area contributed by atoms with E-state index in [0.717, 1.165) is 17.9 Å². The Labute approximate surface area is 170 Å². The first-order valence-electron chi connectivity index (χ1n) is 9.53. The van der Waals surface area contributed by atoms with Crippen LogP contribution in [0.4, 0.5) is 5.69 Å². The molecule has 1 unspecified atom stereocenters. The highest BCUT2D eigenvalue weighted by Gasteiger charge is 2.09. The van der Waals surface area contributed by atoms with Gasteiger partial charge in [-0.1, -0.05) is 67.6 Å². The number of nitrogens with zero attached hydrogens (tertiary/aromatic N) is 2. The Kier molecular flexibility index (Phi) is 6.87. The van der Waals surface area contributed by atoms with E-state index in [4.69, 9.17) is 0 Å². The number of nitrogens with one attached hydrogen (secondary N) is 2. The molecular formula is C22H26N4OS. The summed E-state index contributed by atoms with van der Waals surface area (Å²) in [6.45, 7) is 6.45. The number of benzene rings is 2. The van der Waals surface area contributed by atoms with Gasteiger partial charge < -0.3 is 5.32 Å². The molecule has 6 heteroatoms. The van der Waals surface area contributed by atoms with Gasteiger partial charge in [-0.3, -0.25) is 9.89 Å². The largest absolute Gasteiger partial charge is 0.325 e. The molecule has 1 heterocycles. The molecule has 0 aliphatic rings. The minimum atomic E-state index is -0.0636. The second-order valence-electron chi connectivity index (χ2n) is 7.00. The van der Waals surface area contributed by atoms with Crippen LogP contribution < -0.4 is 5.32 Å². The van der Waals surface area contributed by atoms with Crippen LogP contribution in [0.1, 0.15) is 48.7 Å². The molecular weight excluding hydrogens is 368 g/mol. The van der Waals surface area contributed by atoms with Gasteiger partial charge in [0, 0.05) is 12.1 Å². The molecule has 0 radical (unpaired) electrons. The number of amides is 1. The van der Waals surface area contributed by atoms with Crippen molar-refractivity contribution >= 4 is 23.4 Å². The molecule has 2 aromatic carbocycles. The number of carbonyl (C=O) groups excluding carboxylic acids is 1. The maximum Gasteiger partial charge on any atom is 0.234 e. The molecule has 0 aliphatic heterocycles. The SMILES string of the molecule is CCC(C)c1ccc(NC(=O)CSc2n[nH]c(Cc3cccc(C)c3)n2)cc1. The maximum atomic E-state index is 12.2. The molecule has 3 rings (SSSR count). The first-order valence-corrected chi connectivity index (χ1v) is 10.5. The zero-order chi connectivity index (χ0) is 19.9. The molecule has 0 aliphatic carbocycles. The van der Waals surface area contributed by atoms with Crippen molar-refractivity contribution in [3.8, 4) is 0 Å². The van der Waals surface area contributed by atoms with Crippen molar-refractivity contribution < 1.29 is 4.79 Å². The molecule has 0 saturated carbocycles. The third-order valence-corrected chi connectivity index (χ3v) is 5.52. The normalized spacial score (nSPS) is 12.0. The molecule has 146 valence electrons. The summed E-state index contributed by atoms with van der Waals surface area (Å²) in [4.78, 5) is 16.7. The van der Waals surface area contributed by atoms with Crippen LogP contribution in [0.15, 0.2) is 53.7 Å². The van der Waals surface area contributed by atoms with Crippen LogP contribution in [0.5, 0.6) is 0 Å². The average molecular weight is 395 g/mol. The third kappa shape index (κ3) is 5.70. The van der Waals surface area contributed by atoms with Crippen LogP contribution in [0.3, 0.4) is 0 Å². The second-order valence-corrected chi connectivity index (χ2v) is 7.94. The number of carbonyl (C=O) groups is 1. The lowest BCUT2D eigenvalue weighted by Gasteiger charge is -2.10. The van der Waals surface area contributed by atoms with E-state index >= 15 is 0 Å². The third-order valence-electron chi connectivity index (χ3n) is 4.67. The number of thioether (sulfide) groups is 1. The van der Waals surface area contributed by atoms with Gasteiger partial charge in [0.25, 0.3) is 0 Å². The highest BCUT2D eigenvalue weighted by atomic mass is 32.2. The Morgan fingerprint density at radius 2 is 2.00 bits per heavy atom. The van der Waals surface area contributed by atoms with Crippen LogP contribution in [0, 0.1) is 6.92 Å². The van der Waals surface area contributed by atoms with Gasteiger partial charge in [0.05, 0.1) is 5.75 Å².